The fourth-order valence-corrected chi connectivity index (χ4v) is 2.26. The van der Waals surface area contributed by atoms with Crippen LogP contribution in [0.1, 0.15) is 11.3 Å². The molecule has 1 aliphatic rings. The van der Waals surface area contributed by atoms with Crippen LogP contribution >= 0.6 is 11.6 Å². The van der Waals surface area contributed by atoms with Crippen molar-refractivity contribution in [1.29, 1.82) is 0 Å². The maximum atomic E-state index is 14.0. The van der Waals surface area contributed by atoms with E-state index >= 15 is 0 Å². The third-order valence-electron chi connectivity index (χ3n) is 2.86. The number of halogens is 2. The van der Waals surface area contributed by atoms with E-state index in [0.29, 0.717) is 36.1 Å². The first kappa shape index (κ1) is 12.2. The Labute approximate surface area is 113 Å². The lowest BCUT2D eigenvalue weighted by atomic mass is 10.1. The van der Waals surface area contributed by atoms with Crippen molar-refractivity contribution in [3.63, 3.8) is 0 Å². The molecule has 0 spiro atoms. The SMILES string of the molecule is Cc1onc(-c2c(F)cccc2Cl)c1C1=NCCO1. The number of aryl methyl sites for hydroxylation is 1. The summed E-state index contributed by atoms with van der Waals surface area (Å²) in [4.78, 5) is 4.21. The number of benzene rings is 1. The largest absolute Gasteiger partial charge is 0.475 e. The van der Waals surface area contributed by atoms with E-state index in [1.165, 1.54) is 12.1 Å². The minimum atomic E-state index is -0.458. The predicted molar refractivity (Wildman–Crippen MR) is 69.0 cm³/mol. The van der Waals surface area contributed by atoms with Crippen LogP contribution in [-0.4, -0.2) is 24.2 Å². The second-order valence-electron chi connectivity index (χ2n) is 4.09. The van der Waals surface area contributed by atoms with Crippen molar-refractivity contribution in [2.24, 2.45) is 4.99 Å². The summed E-state index contributed by atoms with van der Waals surface area (Å²) >= 11 is 6.05. The normalized spacial score (nSPS) is 14.4. The number of nitrogens with zero attached hydrogens (tertiary/aromatic N) is 2. The average molecular weight is 281 g/mol. The minimum absolute atomic E-state index is 0.203. The van der Waals surface area contributed by atoms with Gasteiger partial charge in [0.25, 0.3) is 0 Å². The molecule has 98 valence electrons. The Morgan fingerprint density at radius 1 is 1.32 bits per heavy atom. The number of aromatic nitrogens is 1. The van der Waals surface area contributed by atoms with Gasteiger partial charge in [-0.1, -0.05) is 22.8 Å². The molecule has 2 heterocycles. The molecule has 0 amide bonds. The lowest BCUT2D eigenvalue weighted by Gasteiger charge is -2.05. The maximum absolute atomic E-state index is 14.0. The molecule has 3 rings (SSSR count). The van der Waals surface area contributed by atoms with Crippen LogP contribution in [0.2, 0.25) is 5.02 Å². The molecule has 0 fully saturated rings. The second-order valence-corrected chi connectivity index (χ2v) is 4.50. The summed E-state index contributed by atoms with van der Waals surface area (Å²) in [6.45, 7) is 2.81. The first-order valence-corrected chi connectivity index (χ1v) is 6.14. The van der Waals surface area contributed by atoms with Crippen molar-refractivity contribution in [2.75, 3.05) is 13.2 Å². The molecule has 0 radical (unpaired) electrons. The van der Waals surface area contributed by atoms with Gasteiger partial charge in [-0.3, -0.25) is 0 Å². The van der Waals surface area contributed by atoms with Gasteiger partial charge in [-0.15, -0.1) is 0 Å². The molecule has 2 aromatic rings. The highest BCUT2D eigenvalue weighted by Gasteiger charge is 2.26. The summed E-state index contributed by atoms with van der Waals surface area (Å²) < 4.78 is 24.5. The number of hydrogen-bond acceptors (Lipinski definition) is 4. The Hall–Kier alpha value is -1.88. The first-order valence-electron chi connectivity index (χ1n) is 5.76. The standard InChI is InChI=1S/C13H10ClFN2O2/c1-7-10(13-16-5-6-18-13)12(17-19-7)11-8(14)3-2-4-9(11)15/h2-4H,5-6H2,1H3. The molecule has 0 saturated heterocycles. The van der Waals surface area contributed by atoms with Crippen molar-refractivity contribution >= 4 is 17.5 Å². The molecule has 19 heavy (non-hydrogen) atoms. The van der Waals surface area contributed by atoms with Gasteiger partial charge in [-0.25, -0.2) is 9.38 Å². The lowest BCUT2D eigenvalue weighted by molar-refractivity contribution is 0.347. The molecule has 4 nitrogen and oxygen atoms in total. The van der Waals surface area contributed by atoms with E-state index in [0.717, 1.165) is 0 Å². The zero-order chi connectivity index (χ0) is 13.4. The van der Waals surface area contributed by atoms with Crippen molar-refractivity contribution in [3.8, 4) is 11.3 Å². The molecule has 1 aliphatic heterocycles. The molecule has 0 atom stereocenters. The summed E-state index contributed by atoms with van der Waals surface area (Å²) in [6, 6.07) is 4.47. The van der Waals surface area contributed by atoms with Crippen LogP contribution in [0.3, 0.4) is 0 Å². The highest BCUT2D eigenvalue weighted by atomic mass is 35.5. The fraction of sp³-hybridized carbons (Fsp3) is 0.231. The fourth-order valence-electron chi connectivity index (χ4n) is 2.01. The first-order chi connectivity index (χ1) is 9.18. The van der Waals surface area contributed by atoms with Crippen molar-refractivity contribution in [2.45, 2.75) is 6.92 Å². The van der Waals surface area contributed by atoms with E-state index in [9.17, 15) is 4.39 Å². The predicted octanol–water partition coefficient (Wildman–Crippen LogP) is 3.22. The van der Waals surface area contributed by atoms with E-state index in [2.05, 4.69) is 10.1 Å². The monoisotopic (exact) mass is 280 g/mol. The van der Waals surface area contributed by atoms with Crippen molar-refractivity contribution in [1.82, 2.24) is 5.16 Å². The molecule has 0 unspecified atom stereocenters. The van der Waals surface area contributed by atoms with Crippen LogP contribution < -0.4 is 0 Å². The van der Waals surface area contributed by atoms with Crippen LogP contribution in [0.25, 0.3) is 11.3 Å². The molecule has 0 saturated carbocycles. The summed E-state index contributed by atoms with van der Waals surface area (Å²) in [7, 11) is 0. The van der Waals surface area contributed by atoms with Gasteiger partial charge >= 0.3 is 0 Å². The van der Waals surface area contributed by atoms with Gasteiger partial charge in [0.05, 0.1) is 17.1 Å². The van der Waals surface area contributed by atoms with Gasteiger partial charge in [0.1, 0.15) is 29.4 Å². The molecule has 1 aromatic heterocycles. The highest BCUT2D eigenvalue weighted by Crippen LogP contribution is 2.34. The maximum Gasteiger partial charge on any atom is 0.222 e. The van der Waals surface area contributed by atoms with E-state index in [1.54, 1.807) is 13.0 Å². The number of hydrogen-bond donors (Lipinski definition) is 0. The Morgan fingerprint density at radius 2 is 2.16 bits per heavy atom. The van der Waals surface area contributed by atoms with Crippen LogP contribution in [-0.2, 0) is 4.74 Å². The molecule has 0 N–H and O–H groups in total. The van der Waals surface area contributed by atoms with E-state index in [1.807, 2.05) is 0 Å². The lowest BCUT2D eigenvalue weighted by Crippen LogP contribution is -2.04. The van der Waals surface area contributed by atoms with Gasteiger partial charge in [-0.2, -0.15) is 0 Å². The molecule has 0 aliphatic carbocycles. The van der Waals surface area contributed by atoms with Gasteiger partial charge in [-0.05, 0) is 19.1 Å². The Kier molecular flexibility index (Phi) is 2.98. The molecule has 0 bridgehead atoms. The third-order valence-corrected chi connectivity index (χ3v) is 3.18. The third kappa shape index (κ3) is 2.00. The quantitative estimate of drug-likeness (QED) is 0.848. The van der Waals surface area contributed by atoms with Gasteiger partial charge in [0.15, 0.2) is 0 Å². The van der Waals surface area contributed by atoms with Gasteiger partial charge in [0.2, 0.25) is 5.90 Å². The summed E-state index contributed by atoms with van der Waals surface area (Å²) in [5.41, 5.74) is 1.08. The summed E-state index contributed by atoms with van der Waals surface area (Å²) in [6.07, 6.45) is 0. The smallest absolute Gasteiger partial charge is 0.222 e. The van der Waals surface area contributed by atoms with Crippen LogP contribution in [0, 0.1) is 12.7 Å². The van der Waals surface area contributed by atoms with E-state index < -0.39 is 5.82 Å². The van der Waals surface area contributed by atoms with Crippen LogP contribution in [0.4, 0.5) is 4.39 Å². The van der Waals surface area contributed by atoms with Crippen LogP contribution in [0.5, 0.6) is 0 Å². The molecule has 6 heteroatoms. The number of aliphatic imine (C=N–C) groups is 1. The molecular weight excluding hydrogens is 271 g/mol. The Morgan fingerprint density at radius 3 is 2.84 bits per heavy atom. The van der Waals surface area contributed by atoms with E-state index in [-0.39, 0.29) is 10.6 Å². The van der Waals surface area contributed by atoms with Gasteiger partial charge < -0.3 is 9.26 Å². The molecule has 1 aromatic carbocycles. The van der Waals surface area contributed by atoms with Crippen LogP contribution in [0.15, 0.2) is 27.7 Å². The minimum Gasteiger partial charge on any atom is -0.475 e. The zero-order valence-electron chi connectivity index (χ0n) is 10.1. The Balaban J connectivity index is 2.21. The Bertz CT molecular complexity index is 646. The van der Waals surface area contributed by atoms with Gasteiger partial charge in [0, 0.05) is 0 Å². The topological polar surface area (TPSA) is 47.6 Å². The zero-order valence-corrected chi connectivity index (χ0v) is 10.9. The highest BCUT2D eigenvalue weighted by molar-refractivity contribution is 6.33. The van der Waals surface area contributed by atoms with Crippen molar-refractivity contribution < 1.29 is 13.7 Å². The summed E-state index contributed by atoms with van der Waals surface area (Å²) in [5, 5.41) is 4.16. The molecular formula is C13H10ClFN2O2. The van der Waals surface area contributed by atoms with Crippen molar-refractivity contribution in [3.05, 3.63) is 40.4 Å². The number of ether oxygens (including phenoxy) is 1. The second kappa shape index (κ2) is 4.66. The number of rotatable bonds is 2. The van der Waals surface area contributed by atoms with E-state index in [4.69, 9.17) is 20.9 Å². The average Bonchev–Trinajstić information content (AvgIpc) is 2.99. The summed E-state index contributed by atoms with van der Waals surface area (Å²) in [5.74, 6) is 0.490.